The molecule has 0 radical (unpaired) electrons. The van der Waals surface area contributed by atoms with Crippen LogP contribution in [0.15, 0.2) is 54.6 Å². The Morgan fingerprint density at radius 2 is 1.72 bits per heavy atom. The van der Waals surface area contributed by atoms with Gasteiger partial charge in [-0.15, -0.1) is 11.3 Å². The number of hydrogen-bond donors (Lipinski definition) is 1. The fourth-order valence-corrected chi connectivity index (χ4v) is 7.16. The average molecular weight is 389 g/mol. The SMILES string of the molecule is O=[P@@](Nc1ccc(Cl)cc1)(c1ccccc1)c1nc2c(s1)CCCC2. The van der Waals surface area contributed by atoms with Gasteiger partial charge in [-0.1, -0.05) is 29.8 Å². The van der Waals surface area contributed by atoms with Gasteiger partial charge in [0.2, 0.25) is 0 Å². The molecule has 4 rings (SSSR count). The summed E-state index contributed by atoms with van der Waals surface area (Å²) in [5.41, 5.74) is 1.91. The van der Waals surface area contributed by atoms with Crippen LogP contribution in [-0.4, -0.2) is 4.98 Å². The topological polar surface area (TPSA) is 42.0 Å². The van der Waals surface area contributed by atoms with E-state index < -0.39 is 7.29 Å². The number of fused-ring (bicyclic) bond motifs is 1. The first-order chi connectivity index (χ1) is 12.1. The van der Waals surface area contributed by atoms with E-state index in [1.807, 2.05) is 42.5 Å². The van der Waals surface area contributed by atoms with Gasteiger partial charge in [0.05, 0.1) is 5.69 Å². The molecular weight excluding hydrogens is 371 g/mol. The second kappa shape index (κ2) is 6.95. The van der Waals surface area contributed by atoms with E-state index in [1.54, 1.807) is 23.5 Å². The normalized spacial score (nSPS) is 16.0. The molecule has 25 heavy (non-hydrogen) atoms. The zero-order valence-electron chi connectivity index (χ0n) is 13.6. The monoisotopic (exact) mass is 388 g/mol. The van der Waals surface area contributed by atoms with E-state index in [9.17, 15) is 4.57 Å². The Hall–Kier alpha value is -1.61. The van der Waals surface area contributed by atoms with Crippen molar-refractivity contribution in [3.63, 3.8) is 0 Å². The molecule has 0 saturated carbocycles. The number of aromatic nitrogens is 1. The molecule has 3 aromatic rings. The Balaban J connectivity index is 1.80. The second-order valence-electron chi connectivity index (χ2n) is 6.14. The Morgan fingerprint density at radius 1 is 1.00 bits per heavy atom. The van der Waals surface area contributed by atoms with Gasteiger partial charge in [-0.2, -0.15) is 0 Å². The summed E-state index contributed by atoms with van der Waals surface area (Å²) in [6, 6.07) is 16.9. The Morgan fingerprint density at radius 3 is 2.44 bits per heavy atom. The summed E-state index contributed by atoms with van der Waals surface area (Å²) in [7, 11) is -3.05. The van der Waals surface area contributed by atoms with E-state index in [4.69, 9.17) is 16.6 Å². The number of hydrogen-bond acceptors (Lipinski definition) is 3. The summed E-state index contributed by atoms with van der Waals surface area (Å²) >= 11 is 7.58. The summed E-state index contributed by atoms with van der Waals surface area (Å²) in [6.45, 7) is 0. The number of nitrogens with zero attached hydrogens (tertiary/aromatic N) is 1. The predicted octanol–water partition coefficient (Wildman–Crippen LogP) is 5.02. The molecule has 0 spiro atoms. The third-order valence-corrected chi connectivity index (χ3v) is 8.85. The molecule has 2 aromatic carbocycles. The molecule has 0 unspecified atom stereocenters. The maximum atomic E-state index is 14.1. The van der Waals surface area contributed by atoms with Crippen LogP contribution in [0.1, 0.15) is 23.4 Å². The van der Waals surface area contributed by atoms with Crippen LogP contribution in [0.2, 0.25) is 5.02 Å². The minimum absolute atomic E-state index is 0.657. The number of rotatable bonds is 4. The van der Waals surface area contributed by atoms with Gasteiger partial charge in [0.15, 0.2) is 4.75 Å². The van der Waals surface area contributed by atoms with Crippen LogP contribution in [0.5, 0.6) is 0 Å². The Labute approximate surface area is 156 Å². The first-order valence-corrected chi connectivity index (χ1v) is 11.2. The smallest absolute Gasteiger partial charge is 0.254 e. The van der Waals surface area contributed by atoms with Crippen molar-refractivity contribution >= 4 is 46.0 Å². The number of nitrogens with one attached hydrogen (secondary N) is 1. The van der Waals surface area contributed by atoms with Gasteiger partial charge in [-0.25, -0.2) is 4.98 Å². The van der Waals surface area contributed by atoms with Gasteiger partial charge in [-0.05, 0) is 62.1 Å². The highest BCUT2D eigenvalue weighted by atomic mass is 35.5. The molecule has 3 nitrogen and oxygen atoms in total. The Kier molecular flexibility index (Phi) is 4.68. The maximum Gasteiger partial charge on any atom is 0.254 e. The molecule has 0 bridgehead atoms. The van der Waals surface area contributed by atoms with Crippen molar-refractivity contribution < 1.29 is 4.57 Å². The summed E-state index contributed by atoms with van der Waals surface area (Å²) < 4.78 is 14.8. The van der Waals surface area contributed by atoms with Gasteiger partial charge in [0.25, 0.3) is 7.29 Å². The van der Waals surface area contributed by atoms with Crippen molar-refractivity contribution in [3.8, 4) is 0 Å². The lowest BCUT2D eigenvalue weighted by molar-refractivity contribution is 0.590. The van der Waals surface area contributed by atoms with Crippen molar-refractivity contribution in [1.82, 2.24) is 4.98 Å². The lowest BCUT2D eigenvalue weighted by Gasteiger charge is -2.19. The van der Waals surface area contributed by atoms with Crippen LogP contribution in [0.25, 0.3) is 0 Å². The van der Waals surface area contributed by atoms with E-state index >= 15 is 0 Å². The Bertz CT molecular complexity index is 901. The van der Waals surface area contributed by atoms with Gasteiger partial charge >= 0.3 is 0 Å². The highest BCUT2D eigenvalue weighted by molar-refractivity contribution is 7.84. The number of aryl methyl sites for hydroxylation is 2. The molecule has 1 aromatic heterocycles. The van der Waals surface area contributed by atoms with E-state index in [1.165, 1.54) is 11.3 Å². The van der Waals surface area contributed by atoms with Crippen LogP contribution in [0.3, 0.4) is 0 Å². The van der Waals surface area contributed by atoms with Crippen LogP contribution in [-0.2, 0) is 17.4 Å². The summed E-state index contributed by atoms with van der Waals surface area (Å²) in [5.74, 6) is 0. The molecule has 1 aliphatic carbocycles. The molecule has 0 aliphatic heterocycles. The van der Waals surface area contributed by atoms with Crippen molar-refractivity contribution in [3.05, 3.63) is 70.2 Å². The second-order valence-corrected chi connectivity index (χ2v) is 10.3. The lowest BCUT2D eigenvalue weighted by atomic mass is 10.0. The fourth-order valence-electron chi connectivity index (χ4n) is 3.04. The quantitative estimate of drug-likeness (QED) is 0.638. The van der Waals surface area contributed by atoms with Crippen LogP contribution in [0.4, 0.5) is 5.69 Å². The summed E-state index contributed by atoms with van der Waals surface area (Å²) in [4.78, 5) is 6.07. The van der Waals surface area contributed by atoms with E-state index in [-0.39, 0.29) is 0 Å². The molecule has 1 heterocycles. The largest absolute Gasteiger partial charge is 0.328 e. The third-order valence-electron chi connectivity index (χ3n) is 4.35. The lowest BCUT2D eigenvalue weighted by Crippen LogP contribution is -2.21. The van der Waals surface area contributed by atoms with Gasteiger partial charge in [0.1, 0.15) is 0 Å². The molecule has 1 atom stereocenters. The molecule has 1 aliphatic rings. The van der Waals surface area contributed by atoms with Gasteiger partial charge < -0.3 is 5.09 Å². The van der Waals surface area contributed by atoms with Crippen molar-refractivity contribution in [2.45, 2.75) is 25.7 Å². The average Bonchev–Trinajstić information content (AvgIpc) is 3.09. The predicted molar refractivity (Wildman–Crippen MR) is 107 cm³/mol. The number of anilines is 1. The number of halogens is 1. The molecule has 0 saturated heterocycles. The number of thiazole rings is 1. The summed E-state index contributed by atoms with van der Waals surface area (Å²) in [6.07, 6.45) is 4.38. The summed E-state index contributed by atoms with van der Waals surface area (Å²) in [5, 5.41) is 4.70. The first kappa shape index (κ1) is 16.8. The van der Waals surface area contributed by atoms with Crippen molar-refractivity contribution in [2.75, 3.05) is 5.09 Å². The number of benzene rings is 2. The molecule has 0 fully saturated rings. The fraction of sp³-hybridized carbons (Fsp3) is 0.211. The van der Waals surface area contributed by atoms with Crippen LogP contribution >= 0.6 is 30.2 Å². The van der Waals surface area contributed by atoms with Crippen LogP contribution in [0, 0.1) is 0 Å². The highest BCUT2D eigenvalue weighted by Crippen LogP contribution is 2.45. The van der Waals surface area contributed by atoms with Crippen molar-refractivity contribution in [2.24, 2.45) is 0 Å². The van der Waals surface area contributed by atoms with E-state index in [2.05, 4.69) is 5.09 Å². The van der Waals surface area contributed by atoms with Crippen molar-refractivity contribution in [1.29, 1.82) is 0 Å². The molecule has 6 heteroatoms. The zero-order chi connectivity index (χ0) is 17.3. The van der Waals surface area contributed by atoms with Gasteiger partial charge in [-0.3, -0.25) is 4.57 Å². The first-order valence-electron chi connectivity index (χ1n) is 8.34. The van der Waals surface area contributed by atoms with Crippen LogP contribution < -0.4 is 15.1 Å². The van der Waals surface area contributed by atoms with E-state index in [0.717, 1.165) is 35.9 Å². The van der Waals surface area contributed by atoms with Gasteiger partial charge in [0, 0.05) is 20.9 Å². The third kappa shape index (κ3) is 3.39. The standard InChI is InChI=1S/C19H18ClN2OPS/c20-14-10-12-15(13-11-14)22-24(23,16-6-2-1-3-7-16)19-21-17-8-4-5-9-18(17)25-19/h1-3,6-7,10-13H,4-5,8-9H2,(H,22,23)/t24-/m0/s1. The van der Waals surface area contributed by atoms with E-state index in [0.29, 0.717) is 9.77 Å². The molecule has 0 amide bonds. The molecule has 128 valence electrons. The maximum absolute atomic E-state index is 14.1. The highest BCUT2D eigenvalue weighted by Gasteiger charge is 2.32. The zero-order valence-corrected chi connectivity index (χ0v) is 16.1. The minimum Gasteiger partial charge on any atom is -0.328 e. The molecular formula is C19H18ClN2OPS. The minimum atomic E-state index is -3.05. The molecule has 1 N–H and O–H groups in total.